The number of anilines is 2. The van der Waals surface area contributed by atoms with Crippen LogP contribution in [0.25, 0.3) is 17.0 Å². The Kier molecular flexibility index (Phi) is 6.06. The number of benzene rings is 1. The van der Waals surface area contributed by atoms with Crippen molar-refractivity contribution < 1.29 is 9.53 Å². The second-order valence-corrected chi connectivity index (χ2v) is 7.03. The van der Waals surface area contributed by atoms with Gasteiger partial charge in [-0.2, -0.15) is 5.26 Å². The third-order valence-corrected chi connectivity index (χ3v) is 5.07. The Balaban J connectivity index is 1.43. The minimum absolute atomic E-state index is 0.240. The zero-order chi connectivity index (χ0) is 20.8. The smallest absolute Gasteiger partial charge is 0.249 e. The lowest BCUT2D eigenvalue weighted by molar-refractivity contribution is -0.111. The SMILES string of the molecule is N#CCCn1cc(/C=C/C(=O)Nc2ccc(N3CCOCC3)cn2)c2ccccc21. The molecule has 0 unspecified atom stereocenters. The van der Waals surface area contributed by atoms with Crippen molar-refractivity contribution in [3.63, 3.8) is 0 Å². The molecular formula is C23H23N5O2. The van der Waals surface area contributed by atoms with E-state index in [2.05, 4.69) is 21.3 Å². The summed E-state index contributed by atoms with van der Waals surface area (Å²) < 4.78 is 7.41. The molecule has 7 nitrogen and oxygen atoms in total. The van der Waals surface area contributed by atoms with Gasteiger partial charge in [0, 0.05) is 48.4 Å². The molecule has 0 bridgehead atoms. The Bertz CT molecular complexity index is 1090. The summed E-state index contributed by atoms with van der Waals surface area (Å²) in [7, 11) is 0. The summed E-state index contributed by atoms with van der Waals surface area (Å²) in [5.41, 5.74) is 3.01. The summed E-state index contributed by atoms with van der Waals surface area (Å²) in [5.74, 6) is 0.272. The normalized spacial score (nSPS) is 14.2. The number of ether oxygens (including phenoxy) is 1. The molecule has 3 aromatic rings. The second-order valence-electron chi connectivity index (χ2n) is 7.03. The van der Waals surface area contributed by atoms with Crippen molar-refractivity contribution in [3.05, 3.63) is 60.4 Å². The lowest BCUT2D eigenvalue weighted by Crippen LogP contribution is -2.36. The van der Waals surface area contributed by atoms with E-state index in [1.54, 1.807) is 12.3 Å². The highest BCUT2D eigenvalue weighted by Crippen LogP contribution is 2.23. The van der Waals surface area contributed by atoms with Crippen molar-refractivity contribution in [2.24, 2.45) is 0 Å². The van der Waals surface area contributed by atoms with Crippen LogP contribution in [0.5, 0.6) is 0 Å². The van der Waals surface area contributed by atoms with E-state index >= 15 is 0 Å². The average Bonchev–Trinajstić information content (AvgIpc) is 3.15. The standard InChI is InChI=1S/C23H23N5O2/c24-10-3-11-28-17-18(20-4-1-2-5-21(20)28)6-9-23(29)26-22-8-7-19(16-25-22)27-12-14-30-15-13-27/h1-2,4-9,16-17H,3,11-15H2,(H,25,26,29)/b9-6+. The summed E-state index contributed by atoms with van der Waals surface area (Å²) in [4.78, 5) is 18.9. The van der Waals surface area contributed by atoms with E-state index in [9.17, 15) is 4.79 Å². The second kappa shape index (κ2) is 9.25. The van der Waals surface area contributed by atoms with Crippen molar-refractivity contribution in [2.75, 3.05) is 36.5 Å². The largest absolute Gasteiger partial charge is 0.378 e. The minimum Gasteiger partial charge on any atom is -0.378 e. The number of carbonyl (C=O) groups excluding carboxylic acids is 1. The van der Waals surface area contributed by atoms with E-state index in [1.165, 1.54) is 6.08 Å². The number of aryl methyl sites for hydroxylation is 1. The van der Waals surface area contributed by atoms with E-state index in [1.807, 2.05) is 47.2 Å². The van der Waals surface area contributed by atoms with Crippen LogP contribution in [-0.2, 0) is 16.1 Å². The van der Waals surface area contributed by atoms with Crippen LogP contribution in [0.2, 0.25) is 0 Å². The lowest BCUT2D eigenvalue weighted by Gasteiger charge is -2.28. The molecule has 0 atom stereocenters. The number of nitriles is 1. The molecule has 1 fully saturated rings. The molecule has 4 rings (SSSR count). The number of nitrogens with zero attached hydrogens (tertiary/aromatic N) is 4. The third-order valence-electron chi connectivity index (χ3n) is 5.07. The highest BCUT2D eigenvalue weighted by Gasteiger charge is 2.11. The highest BCUT2D eigenvalue weighted by atomic mass is 16.5. The van der Waals surface area contributed by atoms with Gasteiger partial charge in [-0.3, -0.25) is 4.79 Å². The maximum atomic E-state index is 12.4. The molecule has 152 valence electrons. The van der Waals surface area contributed by atoms with Gasteiger partial charge < -0.3 is 19.5 Å². The third kappa shape index (κ3) is 4.50. The van der Waals surface area contributed by atoms with Crippen LogP contribution in [0.15, 0.2) is 54.9 Å². The topological polar surface area (TPSA) is 83.2 Å². The number of morpholine rings is 1. The Hall–Kier alpha value is -3.63. The lowest BCUT2D eigenvalue weighted by atomic mass is 10.1. The first-order valence-corrected chi connectivity index (χ1v) is 9.97. The quantitative estimate of drug-likeness (QED) is 0.640. The van der Waals surface area contributed by atoms with E-state index in [4.69, 9.17) is 10.00 Å². The number of hydrogen-bond acceptors (Lipinski definition) is 5. The van der Waals surface area contributed by atoms with E-state index in [0.29, 0.717) is 18.8 Å². The number of fused-ring (bicyclic) bond motifs is 1. The Morgan fingerprint density at radius 3 is 2.83 bits per heavy atom. The van der Waals surface area contributed by atoms with E-state index in [0.717, 1.165) is 48.5 Å². The zero-order valence-electron chi connectivity index (χ0n) is 16.6. The van der Waals surface area contributed by atoms with Crippen molar-refractivity contribution in [1.29, 1.82) is 5.26 Å². The molecule has 0 radical (unpaired) electrons. The maximum absolute atomic E-state index is 12.4. The van der Waals surface area contributed by atoms with Gasteiger partial charge in [0.25, 0.3) is 0 Å². The van der Waals surface area contributed by atoms with Gasteiger partial charge in [0.2, 0.25) is 5.91 Å². The maximum Gasteiger partial charge on any atom is 0.249 e. The van der Waals surface area contributed by atoms with Gasteiger partial charge in [-0.1, -0.05) is 18.2 Å². The van der Waals surface area contributed by atoms with Crippen LogP contribution >= 0.6 is 0 Å². The molecule has 3 heterocycles. The summed E-state index contributed by atoms with van der Waals surface area (Å²) in [6.07, 6.45) is 7.49. The fraction of sp³-hybridized carbons (Fsp3) is 0.261. The fourth-order valence-electron chi connectivity index (χ4n) is 3.57. The van der Waals surface area contributed by atoms with Gasteiger partial charge in [-0.25, -0.2) is 4.98 Å². The number of rotatable bonds is 6. The Labute approximate surface area is 175 Å². The van der Waals surface area contributed by atoms with Gasteiger partial charge in [0.15, 0.2) is 0 Å². The molecule has 0 saturated carbocycles. The molecule has 7 heteroatoms. The van der Waals surface area contributed by atoms with Crippen LogP contribution in [0.3, 0.4) is 0 Å². The van der Waals surface area contributed by atoms with Gasteiger partial charge in [-0.05, 0) is 24.3 Å². The molecule has 1 amide bonds. The number of hydrogen-bond donors (Lipinski definition) is 1. The summed E-state index contributed by atoms with van der Waals surface area (Å²) in [6.45, 7) is 3.75. The number of pyridine rings is 1. The van der Waals surface area contributed by atoms with Crippen LogP contribution < -0.4 is 10.2 Å². The summed E-state index contributed by atoms with van der Waals surface area (Å²) >= 11 is 0. The molecular weight excluding hydrogens is 378 g/mol. The van der Waals surface area contributed by atoms with E-state index < -0.39 is 0 Å². The van der Waals surface area contributed by atoms with Gasteiger partial charge in [-0.15, -0.1) is 0 Å². The molecule has 1 saturated heterocycles. The van der Waals surface area contributed by atoms with Crippen molar-refractivity contribution in [3.8, 4) is 6.07 Å². The molecule has 1 aliphatic rings. The molecule has 1 N–H and O–H groups in total. The molecule has 1 aromatic carbocycles. The monoisotopic (exact) mass is 401 g/mol. The number of nitrogens with one attached hydrogen (secondary N) is 1. The van der Waals surface area contributed by atoms with Crippen LogP contribution in [0, 0.1) is 11.3 Å². The molecule has 0 spiro atoms. The van der Waals surface area contributed by atoms with Crippen molar-refractivity contribution in [1.82, 2.24) is 9.55 Å². The Morgan fingerprint density at radius 1 is 1.23 bits per heavy atom. The molecule has 30 heavy (non-hydrogen) atoms. The number of aromatic nitrogens is 2. The molecule has 0 aliphatic carbocycles. The molecule has 2 aromatic heterocycles. The highest BCUT2D eigenvalue weighted by molar-refractivity contribution is 6.03. The van der Waals surface area contributed by atoms with Gasteiger partial charge >= 0.3 is 0 Å². The van der Waals surface area contributed by atoms with Crippen LogP contribution in [0.4, 0.5) is 11.5 Å². The minimum atomic E-state index is -0.240. The Morgan fingerprint density at radius 2 is 2.07 bits per heavy atom. The number of para-hydroxylation sites is 1. The predicted molar refractivity (Wildman–Crippen MR) is 117 cm³/mol. The summed E-state index contributed by atoms with van der Waals surface area (Å²) in [5, 5.41) is 12.7. The van der Waals surface area contributed by atoms with Gasteiger partial charge in [0.05, 0.1) is 37.6 Å². The summed E-state index contributed by atoms with van der Waals surface area (Å²) in [6, 6.07) is 13.9. The van der Waals surface area contributed by atoms with Crippen LogP contribution in [0.1, 0.15) is 12.0 Å². The van der Waals surface area contributed by atoms with Crippen molar-refractivity contribution >= 4 is 34.4 Å². The van der Waals surface area contributed by atoms with Crippen molar-refractivity contribution in [2.45, 2.75) is 13.0 Å². The van der Waals surface area contributed by atoms with E-state index in [-0.39, 0.29) is 5.91 Å². The zero-order valence-corrected chi connectivity index (χ0v) is 16.6. The first-order valence-electron chi connectivity index (χ1n) is 9.97. The van der Waals surface area contributed by atoms with Gasteiger partial charge in [0.1, 0.15) is 5.82 Å². The average molecular weight is 401 g/mol. The predicted octanol–water partition coefficient (Wildman–Crippen LogP) is 3.44. The first kappa shape index (κ1) is 19.7. The number of amides is 1. The number of carbonyl (C=O) groups is 1. The van der Waals surface area contributed by atoms with Crippen LogP contribution in [-0.4, -0.2) is 41.8 Å². The first-order chi connectivity index (χ1) is 14.7. The fourth-order valence-corrected chi connectivity index (χ4v) is 3.57. The molecule has 1 aliphatic heterocycles.